The summed E-state index contributed by atoms with van der Waals surface area (Å²) in [4.78, 5) is 11.3. The molecule has 1 aliphatic rings. The molecule has 0 aromatic heterocycles. The van der Waals surface area contributed by atoms with Gasteiger partial charge in [-0.15, -0.1) is 0 Å². The number of halogens is 1. The zero-order valence-electron chi connectivity index (χ0n) is 8.31. The summed E-state index contributed by atoms with van der Waals surface area (Å²) < 4.78 is 0. The number of urea groups is 1. The maximum atomic E-state index is 11.3. The van der Waals surface area contributed by atoms with Gasteiger partial charge in [0, 0.05) is 11.1 Å². The van der Waals surface area contributed by atoms with Crippen molar-refractivity contribution in [3.05, 3.63) is 11.6 Å². The van der Waals surface area contributed by atoms with Gasteiger partial charge in [-0.25, -0.2) is 4.79 Å². The summed E-state index contributed by atoms with van der Waals surface area (Å²) in [5, 5.41) is 6.02. The molecule has 0 atom stereocenters. The van der Waals surface area contributed by atoms with E-state index in [1.165, 1.54) is 19.3 Å². The molecule has 1 aliphatic carbocycles. The first-order valence-electron chi connectivity index (χ1n) is 5.06. The van der Waals surface area contributed by atoms with Crippen LogP contribution in [-0.2, 0) is 0 Å². The minimum absolute atomic E-state index is 0.140. The lowest BCUT2D eigenvalue weighted by atomic mass is 9.96. The Kier molecular flexibility index (Phi) is 4.80. The summed E-state index contributed by atoms with van der Waals surface area (Å²) in [5.74, 6) is 0. The maximum absolute atomic E-state index is 11.3. The fourth-order valence-electron chi connectivity index (χ4n) is 1.66. The van der Waals surface area contributed by atoms with Crippen LogP contribution in [0.3, 0.4) is 0 Å². The van der Waals surface area contributed by atoms with Crippen LogP contribution in [0.1, 0.15) is 32.1 Å². The molecule has 0 unspecified atom stereocenters. The molecule has 0 heterocycles. The molecule has 14 heavy (non-hydrogen) atoms. The Morgan fingerprint density at radius 3 is 2.57 bits per heavy atom. The Bertz CT molecular complexity index is 212. The van der Waals surface area contributed by atoms with Crippen molar-refractivity contribution in [2.45, 2.75) is 38.1 Å². The van der Waals surface area contributed by atoms with Crippen molar-refractivity contribution >= 4 is 17.6 Å². The summed E-state index contributed by atoms with van der Waals surface area (Å²) in [6, 6.07) is 0.200. The molecule has 80 valence electrons. The minimum Gasteiger partial charge on any atom is -0.335 e. The van der Waals surface area contributed by atoms with Crippen LogP contribution in [0, 0.1) is 0 Å². The third-order valence-corrected chi connectivity index (χ3v) is 2.51. The van der Waals surface area contributed by atoms with Gasteiger partial charge in [-0.3, -0.25) is 0 Å². The Hall–Kier alpha value is -0.700. The van der Waals surface area contributed by atoms with Gasteiger partial charge in [0.1, 0.15) is 0 Å². The van der Waals surface area contributed by atoms with Crippen molar-refractivity contribution < 1.29 is 4.79 Å². The van der Waals surface area contributed by atoms with E-state index in [0.717, 1.165) is 12.8 Å². The van der Waals surface area contributed by atoms with Crippen LogP contribution in [0.25, 0.3) is 0 Å². The van der Waals surface area contributed by atoms with E-state index < -0.39 is 0 Å². The van der Waals surface area contributed by atoms with Crippen molar-refractivity contribution in [1.82, 2.24) is 10.6 Å². The molecule has 3 nitrogen and oxygen atoms in total. The molecule has 1 rings (SSSR count). The van der Waals surface area contributed by atoms with E-state index in [9.17, 15) is 4.79 Å². The Morgan fingerprint density at radius 1 is 1.36 bits per heavy atom. The number of nitrogens with one attached hydrogen (secondary N) is 2. The van der Waals surface area contributed by atoms with Crippen LogP contribution < -0.4 is 10.6 Å². The molecule has 0 bridgehead atoms. The van der Waals surface area contributed by atoms with Crippen LogP contribution in [0.5, 0.6) is 0 Å². The zero-order valence-corrected chi connectivity index (χ0v) is 9.07. The van der Waals surface area contributed by atoms with Gasteiger partial charge in [0.2, 0.25) is 0 Å². The molecule has 1 fully saturated rings. The lowest BCUT2D eigenvalue weighted by Crippen LogP contribution is -2.43. The van der Waals surface area contributed by atoms with Gasteiger partial charge in [0.05, 0.1) is 6.54 Å². The van der Waals surface area contributed by atoms with Crippen LogP contribution >= 0.6 is 11.6 Å². The van der Waals surface area contributed by atoms with Gasteiger partial charge in [-0.2, -0.15) is 0 Å². The van der Waals surface area contributed by atoms with Gasteiger partial charge in [-0.05, 0) is 12.8 Å². The van der Waals surface area contributed by atoms with Crippen molar-refractivity contribution in [1.29, 1.82) is 0 Å². The van der Waals surface area contributed by atoms with Gasteiger partial charge in [0.15, 0.2) is 0 Å². The highest BCUT2D eigenvalue weighted by molar-refractivity contribution is 6.29. The van der Waals surface area contributed by atoms with E-state index in [1.54, 1.807) is 0 Å². The van der Waals surface area contributed by atoms with E-state index in [0.29, 0.717) is 17.6 Å². The molecule has 2 N–H and O–H groups in total. The molecule has 0 aromatic carbocycles. The van der Waals surface area contributed by atoms with Crippen LogP contribution in [0.2, 0.25) is 0 Å². The van der Waals surface area contributed by atoms with Crippen LogP contribution in [0.15, 0.2) is 11.6 Å². The smallest absolute Gasteiger partial charge is 0.315 e. The van der Waals surface area contributed by atoms with Gasteiger partial charge >= 0.3 is 6.03 Å². The quantitative estimate of drug-likeness (QED) is 0.747. The lowest BCUT2D eigenvalue weighted by molar-refractivity contribution is 0.233. The lowest BCUT2D eigenvalue weighted by Gasteiger charge is -2.22. The molecule has 2 amide bonds. The Morgan fingerprint density at radius 2 is 2.00 bits per heavy atom. The first kappa shape index (κ1) is 11.4. The van der Waals surface area contributed by atoms with E-state index in [4.69, 9.17) is 11.6 Å². The highest BCUT2D eigenvalue weighted by Crippen LogP contribution is 2.17. The molecule has 0 aliphatic heterocycles. The van der Waals surface area contributed by atoms with Crippen LogP contribution in [-0.4, -0.2) is 18.6 Å². The molecule has 0 radical (unpaired) electrons. The summed E-state index contributed by atoms with van der Waals surface area (Å²) in [6.45, 7) is 3.83. The molecule has 0 spiro atoms. The Balaban J connectivity index is 2.15. The van der Waals surface area contributed by atoms with Gasteiger partial charge < -0.3 is 10.6 Å². The molecular weight excluding hydrogens is 200 g/mol. The monoisotopic (exact) mass is 216 g/mol. The average Bonchev–Trinajstić information content (AvgIpc) is 2.16. The van der Waals surface area contributed by atoms with Crippen molar-refractivity contribution in [3.8, 4) is 0 Å². The topological polar surface area (TPSA) is 41.1 Å². The predicted molar refractivity (Wildman–Crippen MR) is 58.4 cm³/mol. The molecule has 0 saturated heterocycles. The fourth-order valence-corrected chi connectivity index (χ4v) is 1.73. The molecule has 1 saturated carbocycles. The number of amides is 2. The second kappa shape index (κ2) is 5.91. The summed E-state index contributed by atoms with van der Waals surface area (Å²) in [5.41, 5.74) is 0. The average molecular weight is 217 g/mol. The summed E-state index contributed by atoms with van der Waals surface area (Å²) in [6.07, 6.45) is 5.91. The molecular formula is C10H17ClN2O. The van der Waals surface area contributed by atoms with E-state index in [1.807, 2.05) is 0 Å². The summed E-state index contributed by atoms with van der Waals surface area (Å²) >= 11 is 5.53. The third-order valence-electron chi connectivity index (χ3n) is 2.38. The Labute approximate surface area is 89.9 Å². The second-order valence-corrected chi connectivity index (χ2v) is 4.21. The summed E-state index contributed by atoms with van der Waals surface area (Å²) in [7, 11) is 0. The van der Waals surface area contributed by atoms with E-state index >= 15 is 0 Å². The number of hydrogen-bond donors (Lipinski definition) is 2. The van der Waals surface area contributed by atoms with Crippen molar-refractivity contribution in [3.63, 3.8) is 0 Å². The van der Waals surface area contributed by atoms with Crippen LogP contribution in [0.4, 0.5) is 4.79 Å². The fraction of sp³-hybridized carbons (Fsp3) is 0.700. The van der Waals surface area contributed by atoms with E-state index in [2.05, 4.69) is 17.2 Å². The number of carbonyl (C=O) groups is 1. The predicted octanol–water partition coefficient (Wildman–Crippen LogP) is 2.37. The molecule has 0 aromatic rings. The van der Waals surface area contributed by atoms with Gasteiger partial charge in [-0.1, -0.05) is 37.4 Å². The normalized spacial score (nSPS) is 17.5. The van der Waals surface area contributed by atoms with Gasteiger partial charge in [0.25, 0.3) is 0 Å². The van der Waals surface area contributed by atoms with E-state index in [-0.39, 0.29) is 6.03 Å². The number of hydrogen-bond acceptors (Lipinski definition) is 1. The zero-order chi connectivity index (χ0) is 10.4. The number of rotatable bonds is 3. The largest absolute Gasteiger partial charge is 0.335 e. The highest BCUT2D eigenvalue weighted by atomic mass is 35.5. The minimum atomic E-state index is -0.140. The standard InChI is InChI=1S/C10H17ClN2O/c1-8(11)7-12-10(14)13-9-5-3-2-4-6-9/h9H,1-7H2,(H2,12,13,14). The molecule has 4 heteroatoms. The highest BCUT2D eigenvalue weighted by Gasteiger charge is 2.14. The maximum Gasteiger partial charge on any atom is 0.315 e. The first-order chi connectivity index (χ1) is 6.68. The van der Waals surface area contributed by atoms with Crippen molar-refractivity contribution in [2.24, 2.45) is 0 Å². The number of carbonyl (C=O) groups excluding carboxylic acids is 1. The SMILES string of the molecule is C=C(Cl)CNC(=O)NC1CCCCC1. The first-order valence-corrected chi connectivity index (χ1v) is 5.44. The second-order valence-electron chi connectivity index (χ2n) is 3.68. The third kappa shape index (κ3) is 4.51. The van der Waals surface area contributed by atoms with Crippen molar-refractivity contribution in [2.75, 3.05) is 6.54 Å².